The zero-order chi connectivity index (χ0) is 34.3. The van der Waals surface area contributed by atoms with Gasteiger partial charge in [0.25, 0.3) is 0 Å². The first-order chi connectivity index (χ1) is 22.6. The molecule has 0 aliphatic carbocycles. The van der Waals surface area contributed by atoms with Gasteiger partial charge in [0.15, 0.2) is 0 Å². The Balaban J connectivity index is 1.71. The number of esters is 1. The molecule has 3 saturated heterocycles. The summed E-state index contributed by atoms with van der Waals surface area (Å²) < 4.78 is 18.4. The van der Waals surface area contributed by atoms with Gasteiger partial charge in [-0.1, -0.05) is 58.4 Å². The molecule has 0 saturated carbocycles. The van der Waals surface area contributed by atoms with Gasteiger partial charge in [0.05, 0.1) is 30.6 Å². The van der Waals surface area contributed by atoms with E-state index in [0.29, 0.717) is 31.2 Å². The molecule has 47 heavy (non-hydrogen) atoms. The number of likely N-dealkylation sites (tertiary alicyclic amines) is 1. The predicted molar refractivity (Wildman–Crippen MR) is 179 cm³/mol. The molecule has 3 aliphatic heterocycles. The summed E-state index contributed by atoms with van der Waals surface area (Å²) in [5.41, 5.74) is -0.605. The number of carbonyl (C=O) groups is 4. The lowest BCUT2D eigenvalue weighted by Crippen LogP contribution is -2.58. The van der Waals surface area contributed by atoms with Gasteiger partial charge in [-0.2, -0.15) is 0 Å². The molecule has 8 atom stereocenters. The number of hydrogen-bond donors (Lipinski definition) is 2. The molecule has 3 heterocycles. The van der Waals surface area contributed by atoms with Crippen LogP contribution in [0.1, 0.15) is 57.6 Å². The second kappa shape index (κ2) is 16.4. The lowest BCUT2D eigenvalue weighted by atomic mass is 9.70. The topological polar surface area (TPSA) is 135 Å². The monoisotopic (exact) mass is 717 g/mol. The lowest BCUT2D eigenvalue weighted by molar-refractivity contribution is -0.163. The Kier molecular flexibility index (Phi) is 12.8. The number of hydrogen-bond acceptors (Lipinski definition) is 8. The molecule has 1 aromatic rings. The predicted octanol–water partition coefficient (Wildman–Crippen LogP) is 3.31. The molecule has 1 unspecified atom stereocenters. The Morgan fingerprint density at radius 2 is 1.94 bits per heavy atom. The highest BCUT2D eigenvalue weighted by Crippen LogP contribution is 2.60. The molecule has 3 fully saturated rings. The molecule has 0 radical (unpaired) electrons. The van der Waals surface area contributed by atoms with Crippen LogP contribution in [0.15, 0.2) is 55.6 Å². The van der Waals surface area contributed by atoms with Gasteiger partial charge in [0.2, 0.25) is 17.7 Å². The van der Waals surface area contributed by atoms with E-state index in [1.54, 1.807) is 34.1 Å². The number of benzene rings is 1. The van der Waals surface area contributed by atoms with Gasteiger partial charge in [-0.3, -0.25) is 19.2 Å². The maximum atomic E-state index is 14.4. The van der Waals surface area contributed by atoms with Crippen molar-refractivity contribution in [3.05, 3.63) is 61.2 Å². The minimum atomic E-state index is -1.25. The summed E-state index contributed by atoms with van der Waals surface area (Å²) in [6.07, 6.45) is 3.65. The number of halogens is 1. The van der Waals surface area contributed by atoms with E-state index in [0.717, 1.165) is 0 Å². The number of rotatable bonds is 18. The zero-order valence-electron chi connectivity index (χ0n) is 27.5. The molecular formula is C35H48BrN3O8. The fourth-order valence-corrected chi connectivity index (χ4v) is 8.23. The maximum Gasteiger partial charge on any atom is 0.313 e. The van der Waals surface area contributed by atoms with Gasteiger partial charge in [0.1, 0.15) is 17.7 Å². The van der Waals surface area contributed by atoms with Crippen molar-refractivity contribution in [2.24, 2.45) is 11.8 Å². The largest absolute Gasteiger partial charge is 0.455 e. The Morgan fingerprint density at radius 1 is 1.21 bits per heavy atom. The van der Waals surface area contributed by atoms with Crippen molar-refractivity contribution in [3.8, 4) is 0 Å². The van der Waals surface area contributed by atoms with Crippen molar-refractivity contribution >= 4 is 39.6 Å². The number of aliphatic hydroxyl groups excluding tert-OH is 1. The van der Waals surface area contributed by atoms with Crippen molar-refractivity contribution in [3.63, 3.8) is 0 Å². The number of allylic oxidation sites excluding steroid dienone is 1. The molecule has 3 amide bonds. The zero-order valence-corrected chi connectivity index (χ0v) is 29.1. The van der Waals surface area contributed by atoms with E-state index in [1.807, 2.05) is 32.0 Å². The summed E-state index contributed by atoms with van der Waals surface area (Å²) in [5, 5.41) is 12.4. The first-order valence-electron chi connectivity index (χ1n) is 16.3. The van der Waals surface area contributed by atoms with Gasteiger partial charge in [-0.05, 0) is 45.1 Å². The third kappa shape index (κ3) is 7.50. The standard InChI is InChI=1S/C35H48BrN3O8/c1-6-8-16-26(41)37-25(21-45-5)29(23-14-10-9-11-15-23)46-34(44)27-28-32(42)39(18-12-13-19-40)31(33(43)38(17-7-2)22(3)4)35(28)20-24(36)30(27)47-35/h6-7,9-11,14-15,22,24-25,27-31,40H,1-2,8,12-13,16-21H2,3-5H3,(H,37,41)/t24?,25-,27+,28-,29-,30+,31+,35-/m0/s1. The Labute approximate surface area is 285 Å². The normalized spacial score (nSPS) is 27.3. The number of amides is 3. The first-order valence-corrected chi connectivity index (χ1v) is 17.3. The number of nitrogens with zero attached hydrogens (tertiary/aromatic N) is 2. The van der Waals surface area contributed by atoms with Gasteiger partial charge in [0, 0.05) is 44.1 Å². The molecule has 2 bridgehead atoms. The Morgan fingerprint density at radius 3 is 2.55 bits per heavy atom. The molecule has 4 rings (SSSR count). The summed E-state index contributed by atoms with van der Waals surface area (Å²) in [4.78, 5) is 58.8. The van der Waals surface area contributed by atoms with Crippen LogP contribution in [-0.2, 0) is 33.4 Å². The van der Waals surface area contributed by atoms with Crippen LogP contribution in [0.2, 0.25) is 0 Å². The van der Waals surface area contributed by atoms with Crippen LogP contribution in [0.5, 0.6) is 0 Å². The third-order valence-electron chi connectivity index (χ3n) is 9.34. The number of carbonyl (C=O) groups excluding carboxylic acids is 4. The van der Waals surface area contributed by atoms with Crippen molar-refractivity contribution in [1.82, 2.24) is 15.1 Å². The quantitative estimate of drug-likeness (QED) is 0.102. The molecule has 1 aromatic carbocycles. The average Bonchev–Trinajstić information content (AvgIpc) is 3.64. The van der Waals surface area contributed by atoms with Crippen LogP contribution in [0.3, 0.4) is 0 Å². The van der Waals surface area contributed by atoms with E-state index in [2.05, 4.69) is 34.4 Å². The fourth-order valence-electron chi connectivity index (χ4n) is 7.29. The summed E-state index contributed by atoms with van der Waals surface area (Å²) in [6, 6.07) is 7.23. The summed E-state index contributed by atoms with van der Waals surface area (Å²) in [7, 11) is 1.50. The highest BCUT2D eigenvalue weighted by Gasteiger charge is 2.77. The molecule has 11 nitrogen and oxygen atoms in total. The molecule has 12 heteroatoms. The highest BCUT2D eigenvalue weighted by molar-refractivity contribution is 9.09. The number of aliphatic hydroxyl groups is 1. The lowest BCUT2D eigenvalue weighted by Gasteiger charge is -2.38. The van der Waals surface area contributed by atoms with E-state index >= 15 is 0 Å². The Bertz CT molecular complexity index is 1290. The number of alkyl halides is 1. The molecule has 258 valence electrons. The number of unbranched alkanes of at least 4 members (excludes halogenated alkanes) is 1. The smallest absolute Gasteiger partial charge is 0.313 e. The number of ether oxygens (including phenoxy) is 3. The van der Waals surface area contributed by atoms with E-state index in [1.165, 1.54) is 7.11 Å². The SMILES string of the molecule is C=CCCC(=O)N[C@@H](COC)[C@@H](OC(=O)[C@H]1[C@@H]2O[C@@]3(CC2Br)[C@@H]1C(=O)N(CCCCO)[C@@H]3C(=O)N(CC=C)C(C)C)c1ccccc1. The average molecular weight is 719 g/mol. The van der Waals surface area contributed by atoms with Crippen molar-refractivity contribution in [1.29, 1.82) is 0 Å². The van der Waals surface area contributed by atoms with Crippen LogP contribution in [0.25, 0.3) is 0 Å². The minimum absolute atomic E-state index is 0.0472. The van der Waals surface area contributed by atoms with E-state index in [4.69, 9.17) is 14.2 Å². The number of fused-ring (bicyclic) bond motifs is 1. The van der Waals surface area contributed by atoms with Crippen molar-refractivity contribution < 1.29 is 38.5 Å². The molecule has 3 aliphatic rings. The van der Waals surface area contributed by atoms with Crippen molar-refractivity contribution in [2.45, 2.75) is 86.7 Å². The van der Waals surface area contributed by atoms with E-state index < -0.39 is 47.7 Å². The Hall–Kier alpha value is -3.06. The summed E-state index contributed by atoms with van der Waals surface area (Å²) >= 11 is 3.71. The maximum absolute atomic E-state index is 14.4. The number of nitrogens with one attached hydrogen (secondary N) is 1. The third-order valence-corrected chi connectivity index (χ3v) is 10.2. The van der Waals surface area contributed by atoms with Gasteiger partial charge in [-0.25, -0.2) is 0 Å². The fraction of sp³-hybridized carbons (Fsp3) is 0.600. The number of methoxy groups -OCH3 is 1. The highest BCUT2D eigenvalue weighted by atomic mass is 79.9. The molecular weight excluding hydrogens is 670 g/mol. The van der Waals surface area contributed by atoms with Crippen molar-refractivity contribution in [2.75, 3.05) is 33.4 Å². The molecule has 0 aromatic heterocycles. The van der Waals surface area contributed by atoms with Gasteiger partial charge < -0.3 is 34.4 Å². The van der Waals surface area contributed by atoms with Crippen LogP contribution in [0, 0.1) is 11.8 Å². The van der Waals surface area contributed by atoms with Gasteiger partial charge >= 0.3 is 5.97 Å². The van der Waals surface area contributed by atoms with Crippen LogP contribution < -0.4 is 5.32 Å². The van der Waals surface area contributed by atoms with Crippen LogP contribution >= 0.6 is 15.9 Å². The first kappa shape index (κ1) is 36.8. The molecule has 2 N–H and O–H groups in total. The second-order valence-corrected chi connectivity index (χ2v) is 13.9. The summed E-state index contributed by atoms with van der Waals surface area (Å²) in [6.45, 7) is 11.8. The minimum Gasteiger partial charge on any atom is -0.455 e. The summed E-state index contributed by atoms with van der Waals surface area (Å²) in [5.74, 6) is -3.45. The second-order valence-electron chi connectivity index (χ2n) is 12.7. The molecule has 1 spiro atoms. The van der Waals surface area contributed by atoms with E-state index in [9.17, 15) is 24.3 Å². The van der Waals surface area contributed by atoms with E-state index in [-0.39, 0.29) is 61.3 Å². The van der Waals surface area contributed by atoms with Crippen LogP contribution in [-0.4, -0.2) is 107 Å². The van der Waals surface area contributed by atoms with Gasteiger partial charge in [-0.15, -0.1) is 13.2 Å². The van der Waals surface area contributed by atoms with Crippen LogP contribution in [0.4, 0.5) is 0 Å².